The molecule has 0 aromatic heterocycles. The number of carbonyl (C=O) groups is 12. The highest BCUT2D eigenvalue weighted by atomic mass is 35.5. The van der Waals surface area contributed by atoms with Gasteiger partial charge in [-0.2, -0.15) is 13.2 Å². The van der Waals surface area contributed by atoms with E-state index in [0.29, 0.717) is 70.4 Å². The zero-order valence-electron chi connectivity index (χ0n) is 62.9. The van der Waals surface area contributed by atoms with Crippen LogP contribution in [-0.2, 0) is 57.5 Å². The first-order valence-corrected chi connectivity index (χ1v) is 38.5. The van der Waals surface area contributed by atoms with E-state index in [1.54, 1.807) is 11.8 Å². The number of piperidine rings is 1. The van der Waals surface area contributed by atoms with Crippen molar-refractivity contribution in [2.45, 2.75) is 267 Å². The van der Waals surface area contributed by atoms with Crippen molar-refractivity contribution < 1.29 is 70.7 Å². The summed E-state index contributed by atoms with van der Waals surface area (Å²) in [5.74, 6) is -10.1. The highest BCUT2D eigenvalue weighted by molar-refractivity contribution is 6.21. The highest BCUT2D eigenvalue weighted by Gasteiger charge is 2.52. The van der Waals surface area contributed by atoms with Crippen LogP contribution >= 0.6 is 11.6 Å². The topological polar surface area (TPSA) is 270 Å². The second-order valence-electron chi connectivity index (χ2n) is 31.9. The number of nitrogens with one attached hydrogen (secondary N) is 3. The Balaban J connectivity index is 1.28. The predicted molar refractivity (Wildman–Crippen MR) is 379 cm³/mol. The molecule has 0 aromatic rings. The van der Waals surface area contributed by atoms with Crippen LogP contribution in [0.2, 0.25) is 0 Å². The second-order valence-corrected chi connectivity index (χ2v) is 32.4. The number of amides is 12. The molecule has 102 heavy (non-hydrogen) atoms. The number of likely N-dealkylation sites (N-methyl/N-ethyl adjacent to an activating group) is 7. The molecule has 3 N–H and O–H groups in total. The van der Waals surface area contributed by atoms with Crippen LogP contribution in [0.4, 0.5) is 13.2 Å². The van der Waals surface area contributed by atoms with E-state index in [-0.39, 0.29) is 88.5 Å². The van der Waals surface area contributed by atoms with Crippen molar-refractivity contribution in [3.8, 4) is 0 Å². The number of fused-ring (bicyclic) bond motifs is 1. The third kappa shape index (κ3) is 21.0. The molecule has 7 aliphatic rings. The van der Waals surface area contributed by atoms with Crippen LogP contribution in [0.5, 0.6) is 0 Å². The van der Waals surface area contributed by atoms with Crippen molar-refractivity contribution in [2.24, 2.45) is 41.4 Å². The fraction of sp³-hybridized carbons (Fsp3) is 0.838. The number of likely N-dealkylation sites (tertiary alicyclic amines) is 1. The molecule has 0 bridgehead atoms. The Morgan fingerprint density at radius 2 is 1.19 bits per heavy atom. The maximum absolute atomic E-state index is 15.8. The Morgan fingerprint density at radius 1 is 0.588 bits per heavy atom. The Bertz CT molecular complexity index is 2960. The molecule has 4 saturated carbocycles. The van der Waals surface area contributed by atoms with E-state index in [4.69, 9.17) is 11.6 Å². The third-order valence-corrected chi connectivity index (χ3v) is 24.3. The van der Waals surface area contributed by atoms with Gasteiger partial charge in [0.25, 0.3) is 0 Å². The molecule has 1 spiro atoms. The lowest BCUT2D eigenvalue weighted by Gasteiger charge is -2.43. The first-order chi connectivity index (χ1) is 48.1. The number of halogens is 4. The molecule has 24 nitrogen and oxygen atoms in total. The standard InChI is InChI=1S/C74H120ClF3N12O12/c1-13-48(5)63-70(100)84(8)44-61(93)82(6)45-62(94)86(10)57(41-50-28-26-47(4)27-29-50)68(98)83(7)43-59(91)79-54(33-31-49-30-32-52(53(75)40-49)74(76,77)78)67(97)90-38-22-25-55(90)66(96)81-73(34-18-19-35-73)72(102)88(12)64(51-23-16-14-17-24-51)71(101)87(11)58(69(99)89-36-20-15-21-37-89)42-60(92)85(9)56(39-46(2)3)65(95)80-63/h46-58,63-64H,13-45H2,1-12H3,(H,79,91)(H,80,95)(H,81,96)/t47?,48-,49?,50?,52?,53?,54-,55-,56-,57-,58-,63-,64-/m0/s1. The van der Waals surface area contributed by atoms with Crippen molar-refractivity contribution >= 4 is 82.5 Å². The number of hydrogen-bond acceptors (Lipinski definition) is 12. The summed E-state index contributed by atoms with van der Waals surface area (Å²) in [5.41, 5.74) is -1.55. The lowest BCUT2D eigenvalue weighted by molar-refractivity contribution is -0.182. The molecule has 11 atom stereocenters. The Labute approximate surface area is 608 Å². The third-order valence-electron chi connectivity index (χ3n) is 23.9. The van der Waals surface area contributed by atoms with Gasteiger partial charge in [-0.1, -0.05) is 98.8 Å². The monoisotopic (exact) mass is 1460 g/mol. The van der Waals surface area contributed by atoms with Crippen LogP contribution in [0.25, 0.3) is 0 Å². The molecule has 7 fully saturated rings. The van der Waals surface area contributed by atoms with Crippen LogP contribution in [0.1, 0.15) is 208 Å². The number of hydrogen-bond donors (Lipinski definition) is 3. The summed E-state index contributed by atoms with van der Waals surface area (Å²) < 4.78 is 42.1. The predicted octanol–water partition coefficient (Wildman–Crippen LogP) is 6.73. The first-order valence-electron chi connectivity index (χ1n) is 38.1. The highest BCUT2D eigenvalue weighted by Crippen LogP contribution is 2.44. The number of carbonyl (C=O) groups excluding carboxylic acids is 12. The van der Waals surface area contributed by atoms with Crippen LogP contribution < -0.4 is 16.0 Å². The molecule has 3 heterocycles. The van der Waals surface area contributed by atoms with Gasteiger partial charge in [-0.25, -0.2) is 0 Å². The number of rotatable bonds is 11. The molecular weight excluding hydrogens is 1340 g/mol. The molecule has 0 radical (unpaired) electrons. The van der Waals surface area contributed by atoms with Crippen LogP contribution in [-0.4, -0.2) is 263 Å². The zero-order chi connectivity index (χ0) is 75.2. The molecule has 4 aliphatic carbocycles. The van der Waals surface area contributed by atoms with Crippen molar-refractivity contribution in [1.82, 2.24) is 60.0 Å². The van der Waals surface area contributed by atoms with E-state index >= 15 is 28.8 Å². The first kappa shape index (κ1) is 83.0. The largest absolute Gasteiger partial charge is 0.393 e. The van der Waals surface area contributed by atoms with Gasteiger partial charge in [0.05, 0.1) is 32.0 Å². The van der Waals surface area contributed by atoms with Crippen LogP contribution in [0, 0.1) is 41.4 Å². The van der Waals surface area contributed by atoms with Gasteiger partial charge >= 0.3 is 6.18 Å². The zero-order valence-corrected chi connectivity index (χ0v) is 63.7. The maximum atomic E-state index is 15.8. The molecule has 7 rings (SSSR count). The van der Waals surface area contributed by atoms with Gasteiger partial charge in [0.1, 0.15) is 47.8 Å². The minimum absolute atomic E-state index is 0.00203. The summed E-state index contributed by atoms with van der Waals surface area (Å²) in [6.45, 7) is 8.74. The van der Waals surface area contributed by atoms with E-state index in [1.807, 2.05) is 20.8 Å². The smallest absolute Gasteiger partial charge is 0.343 e. The molecule has 3 unspecified atom stereocenters. The molecular formula is C74H120ClF3N12O12. The average Bonchev–Trinajstić information content (AvgIpc) is 1.46. The molecule has 0 aromatic carbocycles. The summed E-state index contributed by atoms with van der Waals surface area (Å²) in [4.78, 5) is 192. The van der Waals surface area contributed by atoms with Crippen molar-refractivity contribution in [1.29, 1.82) is 0 Å². The lowest BCUT2D eigenvalue weighted by atomic mass is 9.78. The Kier molecular flexibility index (Phi) is 30.2. The molecule has 3 aliphatic heterocycles. The second kappa shape index (κ2) is 37.1. The van der Waals surface area contributed by atoms with Gasteiger partial charge in [-0.05, 0) is 138 Å². The summed E-state index contributed by atoms with van der Waals surface area (Å²) >= 11 is 6.42. The normalized spacial score (nSPS) is 31.0. The van der Waals surface area contributed by atoms with E-state index in [2.05, 4.69) is 22.9 Å². The fourth-order valence-corrected chi connectivity index (χ4v) is 17.5. The van der Waals surface area contributed by atoms with Crippen LogP contribution in [0.3, 0.4) is 0 Å². The van der Waals surface area contributed by atoms with Gasteiger partial charge in [0, 0.05) is 74.3 Å². The lowest BCUT2D eigenvalue weighted by Crippen LogP contribution is -2.65. The summed E-state index contributed by atoms with van der Waals surface area (Å²) in [5, 5.41) is 7.66. The molecule has 12 amide bonds. The van der Waals surface area contributed by atoms with Gasteiger partial charge in [0.2, 0.25) is 70.9 Å². The summed E-state index contributed by atoms with van der Waals surface area (Å²) in [6, 6.07) is -8.53. The van der Waals surface area contributed by atoms with Crippen LogP contribution in [0.15, 0.2) is 0 Å². The van der Waals surface area contributed by atoms with Crippen molar-refractivity contribution in [3.05, 3.63) is 0 Å². The summed E-state index contributed by atoms with van der Waals surface area (Å²) in [7, 11) is 10.1. The van der Waals surface area contributed by atoms with Gasteiger partial charge in [-0.3, -0.25) is 57.5 Å². The number of nitrogens with zero attached hydrogens (tertiary/aromatic N) is 9. The molecule has 28 heteroatoms. The van der Waals surface area contributed by atoms with E-state index < -0.39 is 174 Å². The Morgan fingerprint density at radius 3 is 1.79 bits per heavy atom. The molecule has 3 saturated heterocycles. The maximum Gasteiger partial charge on any atom is 0.393 e. The molecule has 576 valence electrons. The minimum atomic E-state index is -4.51. The average molecular weight is 1460 g/mol. The van der Waals surface area contributed by atoms with Gasteiger partial charge < -0.3 is 60.0 Å². The van der Waals surface area contributed by atoms with E-state index in [9.17, 15) is 41.9 Å². The van der Waals surface area contributed by atoms with E-state index in [1.165, 1.54) is 78.7 Å². The van der Waals surface area contributed by atoms with Crippen molar-refractivity contribution in [2.75, 3.05) is 88.6 Å². The van der Waals surface area contributed by atoms with E-state index in [0.717, 1.165) is 61.2 Å². The van der Waals surface area contributed by atoms with Gasteiger partial charge in [0.15, 0.2) is 0 Å². The SMILES string of the molecule is CC[C@H](C)[C@@H]1NC(=O)[C@H](CC(C)C)N(C)C(=O)C[C@@H](C(=O)N2CCCCC2)N(C)C(=O)[C@H](C2CCCCC2)N(C)C(=O)C2(CCCC2)NC(=O)[C@@H]2CCCN2C(=O)[C@H](CCC2CCC(C(F)(F)F)C(Cl)C2)NC(=O)CN(C)C(=O)[C@H](CC2CCC(C)CC2)N(C)C(=O)CN(C)C(=O)CN(C)C1=O. The summed E-state index contributed by atoms with van der Waals surface area (Å²) in [6.07, 6.45) is 6.90. The minimum Gasteiger partial charge on any atom is -0.343 e. The van der Waals surface area contributed by atoms with Crippen molar-refractivity contribution in [3.63, 3.8) is 0 Å². The number of alkyl halides is 4. The van der Waals surface area contributed by atoms with Gasteiger partial charge in [-0.15, -0.1) is 11.6 Å². The Hall–Kier alpha value is -6.28. The quantitative estimate of drug-likeness (QED) is 0.182. The fourth-order valence-electron chi connectivity index (χ4n) is 17.0.